The van der Waals surface area contributed by atoms with Crippen LogP contribution in [0.25, 0.3) is 0 Å². The van der Waals surface area contributed by atoms with Gasteiger partial charge in [0.1, 0.15) is 5.69 Å². The molecule has 0 atom stereocenters. The van der Waals surface area contributed by atoms with Crippen LogP contribution in [0, 0.1) is 0 Å². The normalized spacial score (nSPS) is 10.1. The van der Waals surface area contributed by atoms with Crippen LogP contribution in [0.3, 0.4) is 0 Å². The third-order valence-corrected chi connectivity index (χ3v) is 2.90. The lowest BCUT2D eigenvalue weighted by molar-refractivity contribution is 0.103. The Balaban J connectivity index is 2.33. The van der Waals surface area contributed by atoms with Crippen molar-refractivity contribution in [2.24, 2.45) is 0 Å². The number of halogens is 1. The minimum absolute atomic E-state index is 0.0289. The minimum Gasteiger partial charge on any atom is -0.287 e. The average Bonchev–Trinajstić information content (AvgIpc) is 2.71. The first-order valence-electron chi connectivity index (χ1n) is 3.96. The molecule has 2 heterocycles. The molecule has 0 fully saturated rings. The summed E-state index contributed by atoms with van der Waals surface area (Å²) < 4.78 is 0.874. The van der Waals surface area contributed by atoms with Crippen LogP contribution < -0.4 is 0 Å². The minimum atomic E-state index is -0.0289. The highest BCUT2D eigenvalue weighted by atomic mass is 79.9. The third-order valence-electron chi connectivity index (χ3n) is 1.74. The quantitative estimate of drug-likeness (QED) is 0.783. The summed E-state index contributed by atoms with van der Waals surface area (Å²) in [6.07, 6.45) is 1.62. The Bertz CT molecular complexity index is 436. The molecule has 4 heteroatoms. The Labute approximate surface area is 93.7 Å². The number of carbonyl (C=O) groups excluding carboxylic acids is 1. The molecule has 70 valence electrons. The van der Waals surface area contributed by atoms with Gasteiger partial charge in [0, 0.05) is 21.6 Å². The molecule has 2 aromatic heterocycles. The van der Waals surface area contributed by atoms with Crippen LogP contribution in [0.5, 0.6) is 0 Å². The van der Waals surface area contributed by atoms with Crippen molar-refractivity contribution in [2.75, 3.05) is 0 Å². The first-order valence-corrected chi connectivity index (χ1v) is 5.69. The van der Waals surface area contributed by atoms with E-state index in [-0.39, 0.29) is 5.78 Å². The van der Waals surface area contributed by atoms with Crippen LogP contribution in [0.2, 0.25) is 0 Å². The van der Waals surface area contributed by atoms with Crippen LogP contribution in [-0.2, 0) is 0 Å². The maximum atomic E-state index is 11.7. The lowest BCUT2D eigenvalue weighted by Crippen LogP contribution is -2.01. The van der Waals surface area contributed by atoms with E-state index in [4.69, 9.17) is 0 Å². The summed E-state index contributed by atoms with van der Waals surface area (Å²) in [6, 6.07) is 5.33. The number of ketones is 1. The van der Waals surface area contributed by atoms with Gasteiger partial charge in [-0.05, 0) is 39.5 Å². The van der Waals surface area contributed by atoms with Crippen molar-refractivity contribution in [1.82, 2.24) is 4.98 Å². The Morgan fingerprint density at radius 3 is 2.79 bits per heavy atom. The lowest BCUT2D eigenvalue weighted by Gasteiger charge is -1.96. The number of hydrogen-bond acceptors (Lipinski definition) is 3. The zero-order valence-corrected chi connectivity index (χ0v) is 9.51. The molecule has 0 unspecified atom stereocenters. The third kappa shape index (κ3) is 1.91. The Morgan fingerprint density at radius 1 is 1.36 bits per heavy atom. The number of nitrogens with zero attached hydrogens (tertiary/aromatic N) is 1. The molecule has 2 nitrogen and oxygen atoms in total. The highest BCUT2D eigenvalue weighted by molar-refractivity contribution is 9.10. The van der Waals surface area contributed by atoms with Crippen molar-refractivity contribution < 1.29 is 4.79 Å². The maximum Gasteiger partial charge on any atom is 0.212 e. The van der Waals surface area contributed by atoms with Gasteiger partial charge in [-0.15, -0.1) is 0 Å². The monoisotopic (exact) mass is 267 g/mol. The van der Waals surface area contributed by atoms with E-state index in [9.17, 15) is 4.79 Å². The van der Waals surface area contributed by atoms with Crippen molar-refractivity contribution in [2.45, 2.75) is 0 Å². The lowest BCUT2D eigenvalue weighted by atomic mass is 10.1. The molecule has 0 radical (unpaired) electrons. The molecule has 14 heavy (non-hydrogen) atoms. The van der Waals surface area contributed by atoms with Crippen LogP contribution in [0.15, 0.2) is 39.6 Å². The van der Waals surface area contributed by atoms with Gasteiger partial charge in [0.2, 0.25) is 5.78 Å². The largest absolute Gasteiger partial charge is 0.287 e. The van der Waals surface area contributed by atoms with Gasteiger partial charge in [-0.2, -0.15) is 11.3 Å². The molecule has 0 saturated heterocycles. The number of pyridine rings is 1. The second-order valence-corrected chi connectivity index (χ2v) is 4.40. The van der Waals surface area contributed by atoms with Crippen molar-refractivity contribution >= 4 is 33.0 Å². The van der Waals surface area contributed by atoms with E-state index in [2.05, 4.69) is 20.9 Å². The predicted molar refractivity (Wildman–Crippen MR) is 59.7 cm³/mol. The van der Waals surface area contributed by atoms with Gasteiger partial charge in [0.05, 0.1) is 0 Å². The molecule has 2 rings (SSSR count). The van der Waals surface area contributed by atoms with E-state index in [1.165, 1.54) is 11.3 Å². The van der Waals surface area contributed by atoms with E-state index < -0.39 is 0 Å². The van der Waals surface area contributed by atoms with Gasteiger partial charge in [-0.1, -0.05) is 0 Å². The molecule has 0 aliphatic carbocycles. The second kappa shape index (κ2) is 4.02. The van der Waals surface area contributed by atoms with E-state index in [0.29, 0.717) is 11.3 Å². The maximum absolute atomic E-state index is 11.7. The van der Waals surface area contributed by atoms with Crippen molar-refractivity contribution in [3.8, 4) is 0 Å². The standard InChI is InChI=1S/C10H6BrNOS/c11-8-1-2-9(12-5-8)10(13)7-3-4-14-6-7/h1-6H. The summed E-state index contributed by atoms with van der Waals surface area (Å²) in [5.41, 5.74) is 1.18. The van der Waals surface area contributed by atoms with Gasteiger partial charge in [-0.25, -0.2) is 0 Å². The number of rotatable bonds is 2. The molecule has 0 aliphatic heterocycles. The molecular weight excluding hydrogens is 262 g/mol. The molecule has 0 aliphatic rings. The van der Waals surface area contributed by atoms with Crippen LogP contribution in [-0.4, -0.2) is 10.8 Å². The van der Waals surface area contributed by atoms with E-state index >= 15 is 0 Å². The van der Waals surface area contributed by atoms with Gasteiger partial charge in [-0.3, -0.25) is 9.78 Å². The highest BCUT2D eigenvalue weighted by Gasteiger charge is 2.09. The molecule has 0 spiro atoms. The Morgan fingerprint density at radius 2 is 2.21 bits per heavy atom. The van der Waals surface area contributed by atoms with Gasteiger partial charge in [0.25, 0.3) is 0 Å². The van der Waals surface area contributed by atoms with Gasteiger partial charge in [0.15, 0.2) is 0 Å². The Kier molecular flexibility index (Phi) is 2.74. The molecule has 0 N–H and O–H groups in total. The fraction of sp³-hybridized carbons (Fsp3) is 0. The van der Waals surface area contributed by atoms with Crippen LogP contribution in [0.4, 0.5) is 0 Å². The highest BCUT2D eigenvalue weighted by Crippen LogP contribution is 2.13. The molecule has 0 aromatic carbocycles. The van der Waals surface area contributed by atoms with Crippen LogP contribution in [0.1, 0.15) is 16.1 Å². The van der Waals surface area contributed by atoms with Crippen molar-refractivity contribution in [3.05, 3.63) is 50.9 Å². The summed E-state index contributed by atoms with van der Waals surface area (Å²) in [4.78, 5) is 15.8. The van der Waals surface area contributed by atoms with Crippen molar-refractivity contribution in [3.63, 3.8) is 0 Å². The fourth-order valence-electron chi connectivity index (χ4n) is 1.05. The van der Waals surface area contributed by atoms with E-state index in [1.54, 1.807) is 18.3 Å². The average molecular weight is 268 g/mol. The van der Waals surface area contributed by atoms with Gasteiger partial charge < -0.3 is 0 Å². The first-order chi connectivity index (χ1) is 6.77. The predicted octanol–water partition coefficient (Wildman–Crippen LogP) is 3.14. The first kappa shape index (κ1) is 9.55. The van der Waals surface area contributed by atoms with Crippen molar-refractivity contribution in [1.29, 1.82) is 0 Å². The summed E-state index contributed by atoms with van der Waals surface area (Å²) in [5, 5.41) is 3.71. The zero-order valence-electron chi connectivity index (χ0n) is 7.11. The number of carbonyl (C=O) groups is 1. The number of hydrogen-bond donors (Lipinski definition) is 0. The van der Waals surface area contributed by atoms with E-state index in [1.807, 2.05) is 16.8 Å². The SMILES string of the molecule is O=C(c1ccsc1)c1ccc(Br)cn1. The summed E-state index contributed by atoms with van der Waals surface area (Å²) >= 11 is 4.78. The smallest absolute Gasteiger partial charge is 0.212 e. The van der Waals surface area contributed by atoms with Gasteiger partial charge >= 0.3 is 0 Å². The topological polar surface area (TPSA) is 30.0 Å². The van der Waals surface area contributed by atoms with Crippen LogP contribution >= 0.6 is 27.3 Å². The second-order valence-electron chi connectivity index (χ2n) is 2.70. The molecule has 0 bridgehead atoms. The molecule has 0 saturated carbocycles. The molecule has 2 aromatic rings. The van der Waals surface area contributed by atoms with E-state index in [0.717, 1.165) is 4.47 Å². The number of thiophene rings is 1. The summed E-state index contributed by atoms with van der Waals surface area (Å²) in [5.74, 6) is -0.0289. The summed E-state index contributed by atoms with van der Waals surface area (Å²) in [7, 11) is 0. The summed E-state index contributed by atoms with van der Waals surface area (Å²) in [6.45, 7) is 0. The fourth-order valence-corrected chi connectivity index (χ4v) is 1.92. The Hall–Kier alpha value is -1.00. The molecule has 0 amide bonds. The molecular formula is C10H6BrNOS. The zero-order chi connectivity index (χ0) is 9.97. The number of aromatic nitrogens is 1.